The molecule has 0 unspecified atom stereocenters. The molecule has 0 saturated carbocycles. The standard InChI is InChI=1S/C12H17N/c1-10-5-3-7-12(9-10)8-4-6-11(2)13/h3,5,7,9H,2,4,6,8,13H2,1H3. The molecular formula is C12H17N. The van der Waals surface area contributed by atoms with E-state index in [2.05, 4.69) is 37.8 Å². The highest BCUT2D eigenvalue weighted by molar-refractivity contribution is 5.22. The summed E-state index contributed by atoms with van der Waals surface area (Å²) in [6.07, 6.45) is 3.12. The van der Waals surface area contributed by atoms with Crippen molar-refractivity contribution in [2.24, 2.45) is 5.73 Å². The second-order valence-corrected chi connectivity index (χ2v) is 3.50. The Bertz CT molecular complexity index is 289. The van der Waals surface area contributed by atoms with E-state index in [1.807, 2.05) is 0 Å². The van der Waals surface area contributed by atoms with Gasteiger partial charge in [-0.15, -0.1) is 0 Å². The van der Waals surface area contributed by atoms with Crippen molar-refractivity contribution in [2.45, 2.75) is 26.2 Å². The Morgan fingerprint density at radius 1 is 1.46 bits per heavy atom. The van der Waals surface area contributed by atoms with Crippen LogP contribution in [0.3, 0.4) is 0 Å². The molecule has 1 aromatic carbocycles. The average molecular weight is 175 g/mol. The lowest BCUT2D eigenvalue weighted by atomic mass is 10.1. The molecule has 1 aromatic rings. The number of benzene rings is 1. The van der Waals surface area contributed by atoms with Gasteiger partial charge < -0.3 is 5.73 Å². The van der Waals surface area contributed by atoms with Crippen molar-refractivity contribution in [1.82, 2.24) is 0 Å². The van der Waals surface area contributed by atoms with Gasteiger partial charge in [0.15, 0.2) is 0 Å². The van der Waals surface area contributed by atoms with E-state index in [9.17, 15) is 0 Å². The number of rotatable bonds is 4. The van der Waals surface area contributed by atoms with Gasteiger partial charge in [-0.1, -0.05) is 36.4 Å². The van der Waals surface area contributed by atoms with E-state index in [1.54, 1.807) is 0 Å². The number of aryl methyl sites for hydroxylation is 2. The maximum atomic E-state index is 5.49. The van der Waals surface area contributed by atoms with Gasteiger partial charge in [-0.3, -0.25) is 0 Å². The lowest BCUT2D eigenvalue weighted by Gasteiger charge is -2.02. The van der Waals surface area contributed by atoms with Gasteiger partial charge in [-0.05, 0) is 31.7 Å². The van der Waals surface area contributed by atoms with Crippen LogP contribution in [0.1, 0.15) is 24.0 Å². The number of allylic oxidation sites excluding steroid dienone is 1. The molecule has 13 heavy (non-hydrogen) atoms. The normalized spacial score (nSPS) is 9.92. The molecule has 0 aromatic heterocycles. The van der Waals surface area contributed by atoms with Gasteiger partial charge in [0.2, 0.25) is 0 Å². The molecule has 70 valence electrons. The summed E-state index contributed by atoms with van der Waals surface area (Å²) in [7, 11) is 0. The quantitative estimate of drug-likeness (QED) is 0.748. The van der Waals surface area contributed by atoms with Gasteiger partial charge in [0, 0.05) is 5.70 Å². The summed E-state index contributed by atoms with van der Waals surface area (Å²) < 4.78 is 0. The first-order valence-corrected chi connectivity index (χ1v) is 4.67. The summed E-state index contributed by atoms with van der Waals surface area (Å²) in [5.41, 5.74) is 8.99. The van der Waals surface area contributed by atoms with Gasteiger partial charge in [0.1, 0.15) is 0 Å². The highest BCUT2D eigenvalue weighted by Gasteiger charge is 1.93. The van der Waals surface area contributed by atoms with Crippen molar-refractivity contribution >= 4 is 0 Å². The first-order valence-electron chi connectivity index (χ1n) is 4.67. The summed E-state index contributed by atoms with van der Waals surface area (Å²) in [4.78, 5) is 0. The van der Waals surface area contributed by atoms with Crippen LogP contribution in [0.5, 0.6) is 0 Å². The van der Waals surface area contributed by atoms with Crippen molar-refractivity contribution < 1.29 is 0 Å². The second kappa shape index (κ2) is 4.70. The summed E-state index contributed by atoms with van der Waals surface area (Å²) >= 11 is 0. The third kappa shape index (κ3) is 3.79. The fourth-order valence-electron chi connectivity index (χ4n) is 1.39. The van der Waals surface area contributed by atoms with Crippen LogP contribution in [-0.2, 0) is 6.42 Å². The Morgan fingerprint density at radius 3 is 2.85 bits per heavy atom. The Balaban J connectivity index is 2.41. The van der Waals surface area contributed by atoms with Crippen LogP contribution in [0, 0.1) is 6.92 Å². The van der Waals surface area contributed by atoms with Crippen LogP contribution in [-0.4, -0.2) is 0 Å². The summed E-state index contributed by atoms with van der Waals surface area (Å²) in [5.74, 6) is 0. The minimum absolute atomic E-state index is 0.785. The smallest absolute Gasteiger partial charge is 0.000755 e. The molecule has 2 N–H and O–H groups in total. The van der Waals surface area contributed by atoms with E-state index in [1.165, 1.54) is 11.1 Å². The molecule has 0 fully saturated rings. The molecule has 0 bridgehead atoms. The summed E-state index contributed by atoms with van der Waals surface area (Å²) in [6.45, 7) is 5.80. The van der Waals surface area contributed by atoms with Crippen molar-refractivity contribution in [3.63, 3.8) is 0 Å². The van der Waals surface area contributed by atoms with Gasteiger partial charge in [-0.25, -0.2) is 0 Å². The molecule has 0 aliphatic heterocycles. The lowest BCUT2D eigenvalue weighted by Crippen LogP contribution is -1.95. The zero-order valence-electron chi connectivity index (χ0n) is 8.22. The molecule has 0 atom stereocenters. The third-order valence-electron chi connectivity index (χ3n) is 2.05. The number of nitrogens with two attached hydrogens (primary N) is 1. The maximum absolute atomic E-state index is 5.49. The molecule has 0 radical (unpaired) electrons. The SMILES string of the molecule is C=C(N)CCCc1cccc(C)c1. The van der Waals surface area contributed by atoms with Crippen LogP contribution in [0.4, 0.5) is 0 Å². The zero-order valence-corrected chi connectivity index (χ0v) is 8.22. The highest BCUT2D eigenvalue weighted by Crippen LogP contribution is 2.08. The largest absolute Gasteiger partial charge is 0.403 e. The predicted molar refractivity (Wildman–Crippen MR) is 57.4 cm³/mol. The van der Waals surface area contributed by atoms with E-state index in [-0.39, 0.29) is 0 Å². The van der Waals surface area contributed by atoms with Crippen molar-refractivity contribution in [1.29, 1.82) is 0 Å². The fraction of sp³-hybridized carbons (Fsp3) is 0.333. The van der Waals surface area contributed by atoms with Gasteiger partial charge >= 0.3 is 0 Å². The van der Waals surface area contributed by atoms with Crippen LogP contribution in [0.15, 0.2) is 36.5 Å². The molecule has 0 amide bonds. The van der Waals surface area contributed by atoms with E-state index in [0.717, 1.165) is 25.0 Å². The molecule has 1 rings (SSSR count). The number of hydrogen-bond donors (Lipinski definition) is 1. The monoisotopic (exact) mass is 175 g/mol. The van der Waals surface area contributed by atoms with E-state index in [0.29, 0.717) is 0 Å². The summed E-state index contributed by atoms with van der Waals surface area (Å²) in [6, 6.07) is 8.60. The van der Waals surface area contributed by atoms with Crippen LogP contribution in [0.2, 0.25) is 0 Å². The van der Waals surface area contributed by atoms with Gasteiger partial charge in [-0.2, -0.15) is 0 Å². The summed E-state index contributed by atoms with van der Waals surface area (Å²) in [5, 5.41) is 0. The predicted octanol–water partition coefficient (Wildman–Crippen LogP) is 2.79. The van der Waals surface area contributed by atoms with Gasteiger partial charge in [0.25, 0.3) is 0 Å². The Labute approximate surface area is 80.3 Å². The first kappa shape index (κ1) is 9.85. The van der Waals surface area contributed by atoms with Crippen molar-refractivity contribution in [3.05, 3.63) is 47.7 Å². The molecule has 0 heterocycles. The second-order valence-electron chi connectivity index (χ2n) is 3.50. The van der Waals surface area contributed by atoms with Crippen LogP contribution < -0.4 is 5.73 Å². The van der Waals surface area contributed by atoms with Crippen molar-refractivity contribution in [3.8, 4) is 0 Å². The Kier molecular flexibility index (Phi) is 3.56. The van der Waals surface area contributed by atoms with Crippen LogP contribution >= 0.6 is 0 Å². The van der Waals surface area contributed by atoms with Crippen molar-refractivity contribution in [2.75, 3.05) is 0 Å². The topological polar surface area (TPSA) is 26.0 Å². The number of hydrogen-bond acceptors (Lipinski definition) is 1. The first-order chi connectivity index (χ1) is 6.18. The maximum Gasteiger partial charge on any atom is 0.000755 e. The van der Waals surface area contributed by atoms with E-state index >= 15 is 0 Å². The molecule has 0 spiro atoms. The molecule has 0 aliphatic rings. The van der Waals surface area contributed by atoms with E-state index < -0.39 is 0 Å². The Hall–Kier alpha value is -1.24. The molecular weight excluding hydrogens is 158 g/mol. The molecule has 1 heteroatoms. The lowest BCUT2D eigenvalue weighted by molar-refractivity contribution is 0.806. The van der Waals surface area contributed by atoms with Crippen LogP contribution in [0.25, 0.3) is 0 Å². The highest BCUT2D eigenvalue weighted by atomic mass is 14.5. The molecule has 0 aliphatic carbocycles. The molecule has 1 nitrogen and oxygen atoms in total. The average Bonchev–Trinajstić information content (AvgIpc) is 2.03. The van der Waals surface area contributed by atoms with E-state index in [4.69, 9.17) is 5.73 Å². The molecule has 0 saturated heterocycles. The fourth-order valence-corrected chi connectivity index (χ4v) is 1.39. The minimum Gasteiger partial charge on any atom is -0.403 e. The third-order valence-corrected chi connectivity index (χ3v) is 2.05. The van der Waals surface area contributed by atoms with Gasteiger partial charge in [0.05, 0.1) is 0 Å². The Morgan fingerprint density at radius 2 is 2.23 bits per heavy atom. The zero-order chi connectivity index (χ0) is 9.68. The minimum atomic E-state index is 0.785.